The number of alkyl halides is 2. The van der Waals surface area contributed by atoms with Gasteiger partial charge in [0.2, 0.25) is 11.8 Å². The van der Waals surface area contributed by atoms with Crippen LogP contribution in [0.4, 0.5) is 0 Å². The maximum atomic E-state index is 12.1. The normalized spacial score (nSPS) is 15.1. The fourth-order valence-electron chi connectivity index (χ4n) is 12.5. The second kappa shape index (κ2) is 40.9. The van der Waals surface area contributed by atoms with Crippen LogP contribution in [0.15, 0.2) is 180 Å². The summed E-state index contributed by atoms with van der Waals surface area (Å²) in [7, 11) is 11.9. The van der Waals surface area contributed by atoms with Gasteiger partial charge in [-0.1, -0.05) is 213 Å². The van der Waals surface area contributed by atoms with Crippen molar-refractivity contribution in [2.24, 2.45) is 9.98 Å². The van der Waals surface area contributed by atoms with Gasteiger partial charge in [-0.3, -0.25) is 0 Å². The van der Waals surface area contributed by atoms with Crippen LogP contribution in [0.5, 0.6) is 28.7 Å². The minimum Gasteiger partial charge on any atom is -0.496 e. The van der Waals surface area contributed by atoms with Gasteiger partial charge in [-0.05, 0) is 195 Å². The number of likely N-dealkylation sites (N-methyl/N-ethyl adjacent to an activating group) is 1. The highest BCUT2D eigenvalue weighted by Gasteiger charge is 2.42. The van der Waals surface area contributed by atoms with E-state index < -0.39 is 0 Å². The van der Waals surface area contributed by atoms with Crippen LogP contribution in [-0.4, -0.2) is 124 Å². The average molecular weight is 1590 g/mol. The molecule has 560 valence electrons. The first-order chi connectivity index (χ1) is 49.0. The van der Waals surface area contributed by atoms with Gasteiger partial charge in [0.1, 0.15) is 49.0 Å². The Bertz CT molecular complexity index is 4120. The Morgan fingerprint density at radius 2 is 0.779 bits per heavy atom. The molecule has 0 aromatic heterocycles. The summed E-state index contributed by atoms with van der Waals surface area (Å²) in [5, 5.41) is 0. The number of halogens is 2. The van der Waals surface area contributed by atoms with Crippen molar-refractivity contribution in [1.82, 2.24) is 0 Å². The van der Waals surface area contributed by atoms with Crippen LogP contribution in [-0.2, 0) is 44.6 Å². The molecule has 4 unspecified atom stereocenters. The highest BCUT2D eigenvalue weighted by atomic mass is 127. The minimum atomic E-state index is -0.326. The smallest absolute Gasteiger partial charge is 0.370 e. The Kier molecular flexibility index (Phi) is 34.0. The lowest BCUT2D eigenvalue weighted by Crippen LogP contribution is -2.33. The number of carbonyl (C=O) groups excluding carboxylic acids is 1. The Morgan fingerprint density at radius 3 is 1.12 bits per heavy atom. The van der Waals surface area contributed by atoms with Gasteiger partial charge in [-0.15, -0.1) is 0 Å². The lowest BCUT2D eigenvalue weighted by atomic mass is 9.88. The zero-order valence-corrected chi connectivity index (χ0v) is 68.8. The number of aliphatic imine (C=N–C) groups is 2. The van der Waals surface area contributed by atoms with Crippen LogP contribution >= 0.6 is 38.5 Å². The van der Waals surface area contributed by atoms with E-state index in [0.717, 1.165) is 105 Å². The van der Waals surface area contributed by atoms with Crippen molar-refractivity contribution in [2.45, 2.75) is 169 Å². The number of carbonyl (C=O) groups is 1. The van der Waals surface area contributed by atoms with E-state index in [2.05, 4.69) is 246 Å². The third-order valence-corrected chi connectivity index (χ3v) is 18.7. The van der Waals surface area contributed by atoms with Gasteiger partial charge in [0.05, 0.1) is 70.4 Å². The molecule has 0 bridgehead atoms. The Morgan fingerprint density at radius 1 is 0.452 bits per heavy atom. The highest BCUT2D eigenvalue weighted by molar-refractivity contribution is 14.1. The monoisotopic (exact) mass is 1590 g/mol. The fraction of sp³-hybridized carbons (Fsp3) is 0.416. The molecule has 0 saturated heterocycles. The number of esters is 1. The first-order valence-electron chi connectivity index (χ1n) is 35.3. The lowest BCUT2D eigenvalue weighted by Gasteiger charge is -2.19. The Labute approximate surface area is 645 Å². The summed E-state index contributed by atoms with van der Waals surface area (Å²) in [5.41, 5.74) is 16.5. The molecule has 4 atom stereocenters. The van der Waals surface area contributed by atoms with Crippen molar-refractivity contribution in [3.05, 3.63) is 253 Å². The Hall–Kier alpha value is -8.15. The molecule has 15 heteroatoms. The summed E-state index contributed by atoms with van der Waals surface area (Å²) < 4.78 is 52.1. The maximum Gasteiger partial charge on any atom is 0.370 e. The van der Waals surface area contributed by atoms with Gasteiger partial charge in [-0.2, -0.15) is 4.58 Å². The molecular weight excluding hydrogens is 1480 g/mol. The molecule has 0 spiro atoms. The van der Waals surface area contributed by atoms with E-state index in [4.69, 9.17) is 47.6 Å². The van der Waals surface area contributed by atoms with E-state index in [1.165, 1.54) is 40.5 Å². The van der Waals surface area contributed by atoms with Crippen LogP contribution in [0.2, 0.25) is 0 Å². The van der Waals surface area contributed by atoms with Crippen LogP contribution in [0.1, 0.15) is 183 Å². The van der Waals surface area contributed by atoms with Crippen LogP contribution < -0.4 is 23.7 Å². The average Bonchev–Trinajstić information content (AvgIpc) is 1.61. The predicted octanol–water partition coefficient (Wildman–Crippen LogP) is 20.9. The maximum absolute atomic E-state index is 12.1. The van der Waals surface area contributed by atoms with Gasteiger partial charge in [-0.25, -0.2) is 14.8 Å². The zero-order valence-electron chi connectivity index (χ0n) is 65.1. The summed E-state index contributed by atoms with van der Waals surface area (Å²) in [6.07, 6.45) is 3.97. The summed E-state index contributed by atoms with van der Waals surface area (Å²) in [5.74, 6) is 6.97. The van der Waals surface area contributed by atoms with Gasteiger partial charge >= 0.3 is 11.9 Å². The molecule has 3 aliphatic rings. The minimum absolute atomic E-state index is 0. The topological polar surface area (TPSA) is 128 Å². The first kappa shape index (κ1) is 86.5. The molecule has 13 nitrogen and oxygen atoms in total. The zero-order chi connectivity index (χ0) is 75.8. The van der Waals surface area contributed by atoms with Crippen LogP contribution in [0, 0.1) is 27.7 Å². The molecule has 104 heavy (non-hydrogen) atoms. The number of hydrogen-bond donors (Lipinski definition) is 0. The molecule has 0 fully saturated rings. The third-order valence-electron chi connectivity index (χ3n) is 18.3. The van der Waals surface area contributed by atoms with Gasteiger partial charge in [0, 0.05) is 24.2 Å². The molecule has 8 aromatic rings. The molecule has 8 aromatic carbocycles. The van der Waals surface area contributed by atoms with Gasteiger partial charge in [0.15, 0.2) is 12.1 Å². The number of rotatable bonds is 20. The lowest BCUT2D eigenvalue weighted by molar-refractivity contribution is -0.562. The second-order valence-electron chi connectivity index (χ2n) is 28.5. The number of ether oxygens (including phenoxy) is 9. The third kappa shape index (κ3) is 24.5. The summed E-state index contributed by atoms with van der Waals surface area (Å²) in [6, 6.07) is 58.4. The number of hydrogen-bond acceptors (Lipinski definition) is 12. The van der Waals surface area contributed by atoms with Crippen LogP contribution in [0.25, 0.3) is 0 Å². The largest absolute Gasteiger partial charge is 0.496 e. The van der Waals surface area contributed by atoms with E-state index in [1.54, 1.807) is 41.6 Å². The second-order valence-corrected chi connectivity index (χ2v) is 30.0. The van der Waals surface area contributed by atoms with Crippen molar-refractivity contribution in [1.29, 1.82) is 0 Å². The number of aryl methyl sites for hydroxylation is 4. The number of nitrogens with zero attached hydrogens (tertiary/aromatic N) is 3. The molecule has 3 heterocycles. The van der Waals surface area contributed by atoms with Gasteiger partial charge in [0.25, 0.3) is 0 Å². The van der Waals surface area contributed by atoms with Crippen molar-refractivity contribution in [3.8, 4) is 28.7 Å². The SMILES string of the molecule is C.CC(Br)Cc1ccccc1.CI.COC(=O)c1cc(OC)c(C)cc1C(C)Cc1ccccc1.COc1cc(C2=NC(C)(C)CO2)c(C(C)Cc2ccccc2)cc1C.COc1cc(C2=NC(C)(C)CO2)c(OC)cc1C.COc1cc(C2=[N+](C)C(C)(C)CO2)c(C(C)Cc2ccccc2)cc1C. The summed E-state index contributed by atoms with van der Waals surface area (Å²) in [6.45, 7) is 31.6. The molecule has 0 aliphatic carbocycles. The number of methoxy groups -OCH3 is 6. The van der Waals surface area contributed by atoms with Crippen molar-refractivity contribution in [3.63, 3.8) is 0 Å². The van der Waals surface area contributed by atoms with Crippen LogP contribution in [0.3, 0.4) is 0 Å². The van der Waals surface area contributed by atoms with Crippen molar-refractivity contribution >= 4 is 62.2 Å². The highest BCUT2D eigenvalue weighted by Crippen LogP contribution is 2.37. The Balaban J connectivity index is 0.000000237. The van der Waals surface area contributed by atoms with E-state index >= 15 is 0 Å². The summed E-state index contributed by atoms with van der Waals surface area (Å²) in [4.78, 5) is 24.0. The predicted molar refractivity (Wildman–Crippen MR) is 443 cm³/mol. The van der Waals surface area contributed by atoms with Gasteiger partial charge < -0.3 is 42.6 Å². The molecule has 0 N–H and O–H groups in total. The molecule has 0 radical (unpaired) electrons. The molecule has 3 aliphatic heterocycles. The molecule has 0 saturated carbocycles. The molecular formula is C89H116BrIN3O10+. The molecule has 11 rings (SSSR count). The quantitative estimate of drug-likeness (QED) is 0.0315. The molecule has 0 amide bonds. The van der Waals surface area contributed by atoms with E-state index in [0.29, 0.717) is 53.7 Å². The van der Waals surface area contributed by atoms with E-state index in [-0.39, 0.29) is 35.9 Å². The first-order valence-corrected chi connectivity index (χ1v) is 38.4. The fourth-order valence-corrected chi connectivity index (χ4v) is 12.9. The number of benzene rings is 8. The van der Waals surface area contributed by atoms with Crippen molar-refractivity contribution in [2.75, 3.05) is 74.5 Å². The summed E-state index contributed by atoms with van der Waals surface area (Å²) >= 11 is 5.66. The van der Waals surface area contributed by atoms with E-state index in [1.807, 2.05) is 75.1 Å². The van der Waals surface area contributed by atoms with E-state index in [9.17, 15) is 4.79 Å². The standard InChI is InChI=1S/C23H30NO2.C22H27NO2.C19H22O3.C14H19NO3.C9H11Br.CH3I.CH4/c1-16(12-18-10-8-7-9-11-18)19-13-17(2)21(25-6)14-20(19)22-24(5)23(3,4)15-26-22;1-15(11-17-9-7-6-8-10-17)18-12-16(2)20(24-5)13-19(18)21-23-22(3,4)14-25-21;1-13(10-15-8-6-5-7-9-15)16-11-14(2)18(21-3)12-17(16)19(20)22-4;1-9-6-12(17-5)10(7-11(9)16-4)13-15-14(2,3)8-18-13;1-8(10)7-9-5-3-2-4-6-9;1-2;/h7-11,13-14,16H,12,15H2,1-6H3;6-10,12-13,15H,11,14H2,1-5H3;5-9,11-13H,10H2,1-4H3;6-7H,8H2,1-5H3;2-6,8H,7H2,1H3;1H3;1H4/q+1;;;;;;. The van der Waals surface area contributed by atoms with Crippen molar-refractivity contribution < 1.29 is 52.0 Å².